The fourth-order valence-corrected chi connectivity index (χ4v) is 3.21. The van der Waals surface area contributed by atoms with Crippen LogP contribution >= 0.6 is 15.9 Å². The summed E-state index contributed by atoms with van der Waals surface area (Å²) in [5, 5.41) is 0.941. The Kier molecular flexibility index (Phi) is 4.00. The second-order valence-corrected chi connectivity index (χ2v) is 5.51. The molecule has 2 atom stereocenters. The highest BCUT2D eigenvalue weighted by Gasteiger charge is 2.47. The minimum atomic E-state index is 0.0187. The molecule has 2 amide bonds. The molecule has 1 aliphatic carbocycles. The van der Waals surface area contributed by atoms with E-state index in [2.05, 4.69) is 15.9 Å². The lowest BCUT2D eigenvalue weighted by molar-refractivity contribution is -0.139. The minimum absolute atomic E-state index is 0.0187. The van der Waals surface area contributed by atoms with E-state index in [9.17, 15) is 9.59 Å². The molecule has 0 bridgehead atoms. The molecule has 1 heterocycles. The summed E-state index contributed by atoms with van der Waals surface area (Å²) in [6, 6.07) is 0. The summed E-state index contributed by atoms with van der Waals surface area (Å²) in [6.07, 6.45) is 5.99. The number of unbranched alkanes of at least 4 members (excludes halogenated alkanes) is 1. The van der Waals surface area contributed by atoms with Crippen LogP contribution in [0.15, 0.2) is 0 Å². The molecule has 1 saturated heterocycles. The number of rotatable bonds is 4. The smallest absolute Gasteiger partial charge is 0.233 e. The van der Waals surface area contributed by atoms with Crippen LogP contribution in [-0.2, 0) is 9.59 Å². The van der Waals surface area contributed by atoms with Crippen LogP contribution in [-0.4, -0.2) is 28.6 Å². The lowest BCUT2D eigenvalue weighted by atomic mass is 9.81. The first kappa shape index (κ1) is 12.1. The van der Waals surface area contributed by atoms with Crippen LogP contribution in [0.4, 0.5) is 0 Å². The first-order valence-corrected chi connectivity index (χ1v) is 7.29. The molecule has 4 heteroatoms. The molecule has 0 unspecified atom stereocenters. The Bertz CT molecular complexity index is 269. The molecule has 0 aromatic carbocycles. The third kappa shape index (κ3) is 2.17. The normalized spacial score (nSPS) is 29.7. The summed E-state index contributed by atoms with van der Waals surface area (Å²) in [4.78, 5) is 25.6. The summed E-state index contributed by atoms with van der Waals surface area (Å²) in [5.74, 6) is 0.240. The van der Waals surface area contributed by atoms with E-state index >= 15 is 0 Å². The maximum atomic E-state index is 12.0. The Morgan fingerprint density at radius 3 is 2.12 bits per heavy atom. The standard InChI is InChI=1S/C12H18BrNO2/c13-7-3-4-8-14-11(15)9-5-1-2-6-10(9)12(14)16/h9-10H,1-8H2/t9-,10+. The highest BCUT2D eigenvalue weighted by Crippen LogP contribution is 2.37. The highest BCUT2D eigenvalue weighted by molar-refractivity contribution is 9.09. The van der Waals surface area contributed by atoms with Gasteiger partial charge in [0.2, 0.25) is 11.8 Å². The number of imide groups is 1. The number of hydrogen-bond donors (Lipinski definition) is 0. The molecule has 16 heavy (non-hydrogen) atoms. The van der Waals surface area contributed by atoms with Gasteiger partial charge in [0.25, 0.3) is 0 Å². The van der Waals surface area contributed by atoms with Crippen molar-refractivity contribution in [2.24, 2.45) is 11.8 Å². The van der Waals surface area contributed by atoms with Crippen LogP contribution in [0.5, 0.6) is 0 Å². The lowest BCUT2D eigenvalue weighted by Crippen LogP contribution is -2.32. The fraction of sp³-hybridized carbons (Fsp3) is 0.833. The first-order chi connectivity index (χ1) is 7.75. The van der Waals surface area contributed by atoms with E-state index in [0.717, 1.165) is 43.9 Å². The molecule has 0 N–H and O–H groups in total. The molecule has 0 spiro atoms. The highest BCUT2D eigenvalue weighted by atomic mass is 79.9. The molecule has 0 aromatic heterocycles. The summed E-state index contributed by atoms with van der Waals surface area (Å²) in [7, 11) is 0. The number of carbonyl (C=O) groups excluding carboxylic acids is 2. The molecular formula is C12H18BrNO2. The fourth-order valence-electron chi connectivity index (χ4n) is 2.82. The van der Waals surface area contributed by atoms with E-state index in [-0.39, 0.29) is 23.7 Å². The van der Waals surface area contributed by atoms with Gasteiger partial charge in [0.1, 0.15) is 0 Å². The van der Waals surface area contributed by atoms with Crippen molar-refractivity contribution in [1.29, 1.82) is 0 Å². The summed E-state index contributed by atoms with van der Waals surface area (Å²) in [6.45, 7) is 0.621. The third-order valence-corrected chi connectivity index (χ3v) is 4.26. The van der Waals surface area contributed by atoms with E-state index in [1.165, 1.54) is 4.90 Å². The second kappa shape index (κ2) is 5.30. The third-order valence-electron chi connectivity index (χ3n) is 3.70. The number of likely N-dealkylation sites (tertiary alicyclic amines) is 1. The van der Waals surface area contributed by atoms with E-state index in [1.807, 2.05) is 0 Å². The Morgan fingerprint density at radius 2 is 1.62 bits per heavy atom. The predicted octanol–water partition coefficient (Wildman–Crippen LogP) is 2.34. The van der Waals surface area contributed by atoms with Crippen molar-refractivity contribution in [3.63, 3.8) is 0 Å². The molecule has 1 aliphatic heterocycles. The first-order valence-electron chi connectivity index (χ1n) is 6.17. The van der Waals surface area contributed by atoms with Gasteiger partial charge in [-0.2, -0.15) is 0 Å². The number of alkyl halides is 1. The number of halogens is 1. The second-order valence-electron chi connectivity index (χ2n) is 4.72. The summed E-state index contributed by atoms with van der Waals surface area (Å²) >= 11 is 3.36. The maximum Gasteiger partial charge on any atom is 0.233 e. The van der Waals surface area contributed by atoms with Crippen molar-refractivity contribution in [2.45, 2.75) is 38.5 Å². The molecule has 2 aliphatic rings. The number of hydrogen-bond acceptors (Lipinski definition) is 2. The van der Waals surface area contributed by atoms with Crippen molar-refractivity contribution >= 4 is 27.7 Å². The zero-order valence-corrected chi connectivity index (χ0v) is 11.0. The van der Waals surface area contributed by atoms with Gasteiger partial charge in [-0.05, 0) is 25.7 Å². The summed E-state index contributed by atoms with van der Waals surface area (Å²) in [5.41, 5.74) is 0. The maximum absolute atomic E-state index is 12.0. The minimum Gasteiger partial charge on any atom is -0.282 e. The Balaban J connectivity index is 1.98. The SMILES string of the molecule is O=C1[C@H]2CCCC[C@H]2C(=O)N1CCCCBr. The van der Waals surface area contributed by atoms with Gasteiger partial charge in [-0.15, -0.1) is 0 Å². The van der Waals surface area contributed by atoms with Gasteiger partial charge in [-0.1, -0.05) is 28.8 Å². The van der Waals surface area contributed by atoms with Gasteiger partial charge in [-0.3, -0.25) is 14.5 Å². The van der Waals surface area contributed by atoms with Crippen LogP contribution in [0.25, 0.3) is 0 Å². The van der Waals surface area contributed by atoms with Gasteiger partial charge in [0.15, 0.2) is 0 Å². The number of nitrogens with zero attached hydrogens (tertiary/aromatic N) is 1. The topological polar surface area (TPSA) is 37.4 Å². The van der Waals surface area contributed by atoms with Crippen LogP contribution in [0.3, 0.4) is 0 Å². The molecular weight excluding hydrogens is 270 g/mol. The quantitative estimate of drug-likeness (QED) is 0.452. The van der Waals surface area contributed by atoms with Gasteiger partial charge in [0.05, 0.1) is 11.8 Å². The van der Waals surface area contributed by atoms with E-state index in [0.29, 0.717) is 6.54 Å². The predicted molar refractivity (Wildman–Crippen MR) is 65.2 cm³/mol. The van der Waals surface area contributed by atoms with E-state index in [4.69, 9.17) is 0 Å². The number of fused-ring (bicyclic) bond motifs is 1. The Hall–Kier alpha value is -0.380. The molecule has 0 aromatic rings. The van der Waals surface area contributed by atoms with Crippen molar-refractivity contribution in [1.82, 2.24) is 4.90 Å². The molecule has 3 nitrogen and oxygen atoms in total. The molecule has 2 fully saturated rings. The van der Waals surface area contributed by atoms with E-state index in [1.54, 1.807) is 0 Å². The average molecular weight is 288 g/mol. The van der Waals surface area contributed by atoms with Crippen molar-refractivity contribution in [3.05, 3.63) is 0 Å². The van der Waals surface area contributed by atoms with Crippen molar-refractivity contribution in [2.75, 3.05) is 11.9 Å². The molecule has 1 saturated carbocycles. The van der Waals surface area contributed by atoms with E-state index < -0.39 is 0 Å². The van der Waals surface area contributed by atoms with Crippen LogP contribution in [0, 0.1) is 11.8 Å². The zero-order chi connectivity index (χ0) is 11.5. The molecule has 0 radical (unpaired) electrons. The van der Waals surface area contributed by atoms with Crippen LogP contribution in [0.1, 0.15) is 38.5 Å². The number of carbonyl (C=O) groups is 2. The Labute approximate surface area is 105 Å². The van der Waals surface area contributed by atoms with Crippen LogP contribution in [0.2, 0.25) is 0 Å². The Morgan fingerprint density at radius 1 is 1.06 bits per heavy atom. The van der Waals surface area contributed by atoms with Crippen molar-refractivity contribution < 1.29 is 9.59 Å². The zero-order valence-electron chi connectivity index (χ0n) is 9.45. The van der Waals surface area contributed by atoms with Gasteiger partial charge in [-0.25, -0.2) is 0 Å². The monoisotopic (exact) mass is 287 g/mol. The number of amides is 2. The van der Waals surface area contributed by atoms with Gasteiger partial charge >= 0.3 is 0 Å². The lowest BCUT2D eigenvalue weighted by Gasteiger charge is -2.19. The molecule has 90 valence electrons. The average Bonchev–Trinajstić information content (AvgIpc) is 2.55. The van der Waals surface area contributed by atoms with Crippen molar-refractivity contribution in [3.8, 4) is 0 Å². The van der Waals surface area contributed by atoms with Crippen LogP contribution < -0.4 is 0 Å². The van der Waals surface area contributed by atoms with Gasteiger partial charge < -0.3 is 0 Å². The van der Waals surface area contributed by atoms with Gasteiger partial charge in [0, 0.05) is 11.9 Å². The largest absolute Gasteiger partial charge is 0.282 e. The molecule has 2 rings (SSSR count). The summed E-state index contributed by atoms with van der Waals surface area (Å²) < 4.78 is 0.